The first-order chi connectivity index (χ1) is 19.5. The first-order valence-corrected chi connectivity index (χ1v) is 15.8. The number of rotatable bonds is 21. The number of hydrogen-bond acceptors (Lipinski definition) is 5. The van der Waals surface area contributed by atoms with Crippen molar-refractivity contribution >= 4 is 34.0 Å². The lowest BCUT2D eigenvalue weighted by Crippen LogP contribution is -2.16. The number of nitrogens with one attached hydrogen (secondary N) is 1. The normalized spacial score (nSPS) is 11.1. The molecule has 220 valence electrons. The number of amides is 1. The first kappa shape index (κ1) is 33.5. The Morgan fingerprint density at radius 2 is 1.40 bits per heavy atom. The highest BCUT2D eigenvalue weighted by Crippen LogP contribution is 2.28. The van der Waals surface area contributed by atoms with Gasteiger partial charge in [-0.05, 0) is 48.4 Å². The van der Waals surface area contributed by atoms with Gasteiger partial charge in [0.1, 0.15) is 0 Å². The Morgan fingerprint density at radius 3 is 1.98 bits per heavy atom. The van der Waals surface area contributed by atoms with Crippen LogP contribution in [-0.4, -0.2) is 25.2 Å². The summed E-state index contributed by atoms with van der Waals surface area (Å²) >= 11 is 3.35. The third-order valence-electron chi connectivity index (χ3n) is 6.86. The quantitative estimate of drug-likeness (QED) is 0.0499. The molecule has 2 rings (SSSR count). The van der Waals surface area contributed by atoms with E-state index in [9.17, 15) is 9.59 Å². The van der Waals surface area contributed by atoms with E-state index in [-0.39, 0.29) is 5.91 Å². The van der Waals surface area contributed by atoms with E-state index in [2.05, 4.69) is 33.4 Å². The molecule has 1 amide bonds. The van der Waals surface area contributed by atoms with Crippen LogP contribution in [0.3, 0.4) is 0 Å². The van der Waals surface area contributed by atoms with E-state index >= 15 is 0 Å². The zero-order valence-corrected chi connectivity index (χ0v) is 26.0. The average Bonchev–Trinajstić information content (AvgIpc) is 2.95. The summed E-state index contributed by atoms with van der Waals surface area (Å²) in [7, 11) is 1.51. The lowest BCUT2D eigenvalue weighted by Gasteiger charge is -2.10. The van der Waals surface area contributed by atoms with Crippen molar-refractivity contribution in [2.45, 2.75) is 110 Å². The smallest absolute Gasteiger partial charge is 0.343 e. The number of carbonyl (C=O) groups excluding carboxylic acids is 2. The molecule has 0 radical (unpaired) electrons. The standard InChI is InChI=1S/C33H47BrN2O4/c1-3-4-5-6-7-8-9-10-11-12-13-14-15-16-17-21-32(37)36-35-26-27-22-23-30(31(24-27)39-2)40-33(38)28-19-18-20-29(34)25-28/h18-20,22-26H,3-17,21H2,1-2H3,(H,36,37)/b35-26-. The molecule has 6 nitrogen and oxygen atoms in total. The van der Waals surface area contributed by atoms with Crippen molar-refractivity contribution in [1.82, 2.24) is 5.43 Å². The molecule has 0 spiro atoms. The molecule has 0 aromatic heterocycles. The van der Waals surface area contributed by atoms with Crippen molar-refractivity contribution in [1.29, 1.82) is 0 Å². The fourth-order valence-electron chi connectivity index (χ4n) is 4.51. The maximum Gasteiger partial charge on any atom is 0.343 e. The van der Waals surface area contributed by atoms with Gasteiger partial charge in [-0.2, -0.15) is 5.10 Å². The number of unbranched alkanes of at least 4 members (excludes halogenated alkanes) is 14. The highest BCUT2D eigenvalue weighted by molar-refractivity contribution is 9.10. The molecule has 2 aromatic carbocycles. The van der Waals surface area contributed by atoms with Crippen LogP contribution in [-0.2, 0) is 4.79 Å². The van der Waals surface area contributed by atoms with Crippen LogP contribution in [0.4, 0.5) is 0 Å². The van der Waals surface area contributed by atoms with Gasteiger partial charge in [0.2, 0.25) is 5.91 Å². The van der Waals surface area contributed by atoms with E-state index in [0.717, 1.165) is 17.3 Å². The predicted molar refractivity (Wildman–Crippen MR) is 167 cm³/mol. The number of hydrogen-bond donors (Lipinski definition) is 1. The van der Waals surface area contributed by atoms with E-state index in [1.807, 2.05) is 6.07 Å². The predicted octanol–water partition coefficient (Wildman–Crippen LogP) is 9.39. The lowest BCUT2D eigenvalue weighted by atomic mass is 10.0. The minimum Gasteiger partial charge on any atom is -0.493 e. The zero-order valence-electron chi connectivity index (χ0n) is 24.4. The summed E-state index contributed by atoms with van der Waals surface area (Å²) in [4.78, 5) is 24.6. The van der Waals surface area contributed by atoms with Crippen LogP contribution in [0.5, 0.6) is 11.5 Å². The Kier molecular flexibility index (Phi) is 17.7. The molecule has 7 heteroatoms. The third kappa shape index (κ3) is 14.6. The van der Waals surface area contributed by atoms with E-state index in [1.54, 1.807) is 42.6 Å². The molecule has 0 aliphatic heterocycles. The van der Waals surface area contributed by atoms with E-state index in [1.165, 1.54) is 90.6 Å². The van der Waals surface area contributed by atoms with Crippen LogP contribution >= 0.6 is 15.9 Å². The van der Waals surface area contributed by atoms with E-state index < -0.39 is 5.97 Å². The van der Waals surface area contributed by atoms with Gasteiger partial charge in [0.15, 0.2) is 11.5 Å². The summed E-state index contributed by atoms with van der Waals surface area (Å²) in [5.74, 6) is 0.141. The van der Waals surface area contributed by atoms with Crippen molar-refractivity contribution < 1.29 is 19.1 Å². The van der Waals surface area contributed by atoms with Gasteiger partial charge >= 0.3 is 5.97 Å². The molecule has 0 bridgehead atoms. The lowest BCUT2D eigenvalue weighted by molar-refractivity contribution is -0.121. The summed E-state index contributed by atoms with van der Waals surface area (Å²) in [6, 6.07) is 12.1. The number of esters is 1. The van der Waals surface area contributed by atoms with Gasteiger partial charge in [-0.3, -0.25) is 4.79 Å². The van der Waals surface area contributed by atoms with Gasteiger partial charge in [-0.1, -0.05) is 119 Å². The molecule has 0 unspecified atom stereocenters. The average molecular weight is 616 g/mol. The zero-order chi connectivity index (χ0) is 28.8. The van der Waals surface area contributed by atoms with E-state index in [0.29, 0.717) is 29.0 Å². The number of methoxy groups -OCH3 is 1. The third-order valence-corrected chi connectivity index (χ3v) is 7.35. The molecule has 0 aliphatic rings. The molecule has 0 fully saturated rings. The molecule has 2 aromatic rings. The molecule has 40 heavy (non-hydrogen) atoms. The Balaban J connectivity index is 1.55. The second-order valence-corrected chi connectivity index (χ2v) is 11.2. The molecule has 0 aliphatic carbocycles. The Bertz CT molecular complexity index is 1040. The topological polar surface area (TPSA) is 77.0 Å². The monoisotopic (exact) mass is 614 g/mol. The van der Waals surface area contributed by atoms with Crippen molar-refractivity contribution in [2.24, 2.45) is 5.10 Å². The van der Waals surface area contributed by atoms with Crippen LogP contribution in [0, 0.1) is 0 Å². The molecule has 0 atom stereocenters. The maximum atomic E-state index is 12.4. The van der Waals surface area contributed by atoms with Gasteiger partial charge in [0.25, 0.3) is 0 Å². The van der Waals surface area contributed by atoms with Gasteiger partial charge in [-0.15, -0.1) is 0 Å². The van der Waals surface area contributed by atoms with Crippen LogP contribution in [0.15, 0.2) is 52.0 Å². The van der Waals surface area contributed by atoms with Gasteiger partial charge in [-0.25, -0.2) is 10.2 Å². The Hall–Kier alpha value is -2.67. The fourth-order valence-corrected chi connectivity index (χ4v) is 4.91. The minimum absolute atomic E-state index is 0.0857. The number of carbonyl (C=O) groups is 2. The van der Waals surface area contributed by atoms with Crippen LogP contribution in [0.25, 0.3) is 0 Å². The minimum atomic E-state index is -0.480. The van der Waals surface area contributed by atoms with Crippen molar-refractivity contribution in [3.8, 4) is 11.5 Å². The Labute approximate surface area is 249 Å². The van der Waals surface area contributed by atoms with Gasteiger partial charge in [0, 0.05) is 10.9 Å². The molecule has 0 saturated carbocycles. The first-order valence-electron chi connectivity index (χ1n) is 15.0. The molecular formula is C33H47BrN2O4. The summed E-state index contributed by atoms with van der Waals surface area (Å²) in [5, 5.41) is 4.06. The largest absolute Gasteiger partial charge is 0.493 e. The summed E-state index contributed by atoms with van der Waals surface area (Å²) in [5.41, 5.74) is 3.74. The summed E-state index contributed by atoms with van der Waals surface area (Å²) < 4.78 is 11.7. The highest BCUT2D eigenvalue weighted by atomic mass is 79.9. The molecule has 0 heterocycles. The summed E-state index contributed by atoms with van der Waals surface area (Å²) in [6.07, 6.45) is 21.6. The Morgan fingerprint density at radius 1 is 0.800 bits per heavy atom. The number of nitrogens with zero attached hydrogens (tertiary/aromatic N) is 1. The fraction of sp³-hybridized carbons (Fsp3) is 0.545. The summed E-state index contributed by atoms with van der Waals surface area (Å²) in [6.45, 7) is 2.27. The second-order valence-electron chi connectivity index (χ2n) is 10.3. The molecular weight excluding hydrogens is 568 g/mol. The maximum absolute atomic E-state index is 12.4. The van der Waals surface area contributed by atoms with E-state index in [4.69, 9.17) is 9.47 Å². The van der Waals surface area contributed by atoms with Crippen LogP contribution < -0.4 is 14.9 Å². The SMILES string of the molecule is CCCCCCCCCCCCCCCCCC(=O)N/N=C\c1ccc(OC(=O)c2cccc(Br)c2)c(OC)c1. The van der Waals surface area contributed by atoms with Crippen molar-refractivity contribution in [3.05, 3.63) is 58.1 Å². The molecule has 1 N–H and O–H groups in total. The van der Waals surface area contributed by atoms with Crippen molar-refractivity contribution in [3.63, 3.8) is 0 Å². The number of hydrazone groups is 1. The number of benzene rings is 2. The van der Waals surface area contributed by atoms with Gasteiger partial charge in [0.05, 0.1) is 18.9 Å². The molecule has 0 saturated heterocycles. The second kappa shape index (κ2) is 21.1. The van der Waals surface area contributed by atoms with Crippen LogP contribution in [0.2, 0.25) is 0 Å². The van der Waals surface area contributed by atoms with Crippen molar-refractivity contribution in [2.75, 3.05) is 7.11 Å². The van der Waals surface area contributed by atoms with Crippen LogP contribution in [0.1, 0.15) is 126 Å². The van der Waals surface area contributed by atoms with Gasteiger partial charge < -0.3 is 9.47 Å². The number of ether oxygens (including phenoxy) is 2. The number of halogens is 1. The highest BCUT2D eigenvalue weighted by Gasteiger charge is 2.13.